The summed E-state index contributed by atoms with van der Waals surface area (Å²) < 4.78 is 10.3. The number of guanidine groups is 1. The molecule has 3 atom stereocenters. The smallest absolute Gasteiger partial charge is 0.310 e. The van der Waals surface area contributed by atoms with Crippen molar-refractivity contribution >= 4 is 41.6 Å². The van der Waals surface area contributed by atoms with Gasteiger partial charge in [-0.25, -0.2) is 0 Å². The number of rotatable bonds is 6. The monoisotopic (exact) mass is 530 g/mol. The highest BCUT2D eigenvalue weighted by molar-refractivity contribution is 14.0. The van der Waals surface area contributed by atoms with Crippen LogP contribution in [0.4, 0.5) is 5.69 Å². The highest BCUT2D eigenvalue weighted by atomic mass is 127. The zero-order chi connectivity index (χ0) is 20.8. The number of esters is 1. The summed E-state index contributed by atoms with van der Waals surface area (Å²) in [6, 6.07) is 8.24. The first kappa shape index (κ1) is 24.6. The number of anilines is 1. The maximum atomic E-state index is 12.0. The fraction of sp³-hybridized carbons (Fsp3) is 0.636. The summed E-state index contributed by atoms with van der Waals surface area (Å²) in [5.74, 6) is 2.37. The highest BCUT2D eigenvalue weighted by Crippen LogP contribution is 2.28. The molecular weight excluding hydrogens is 495 g/mol. The van der Waals surface area contributed by atoms with Crippen molar-refractivity contribution in [3.05, 3.63) is 24.3 Å². The molecule has 7 nitrogen and oxygen atoms in total. The molecule has 8 heteroatoms. The zero-order valence-corrected chi connectivity index (χ0v) is 20.8. The number of carbonyl (C=O) groups excluding carboxylic acids is 1. The van der Waals surface area contributed by atoms with Crippen molar-refractivity contribution < 1.29 is 14.3 Å². The maximum Gasteiger partial charge on any atom is 0.310 e. The summed E-state index contributed by atoms with van der Waals surface area (Å²) in [5, 5.41) is 3.40. The standard InChI is InChI=1S/C22H34N4O3.HI/c1-5-23-22(26-13-16(2)20(15-26)21(27)29-4)24-12-17-9-10-25(14-17)18-7-6-8-19(11-18)28-3;/h6-8,11,16-17,20H,5,9-10,12-15H2,1-4H3,(H,23,24);1H. The van der Waals surface area contributed by atoms with Gasteiger partial charge in [-0.2, -0.15) is 0 Å². The van der Waals surface area contributed by atoms with E-state index in [2.05, 4.69) is 41.1 Å². The fourth-order valence-electron chi connectivity index (χ4n) is 4.26. The molecule has 2 heterocycles. The zero-order valence-electron chi connectivity index (χ0n) is 18.5. The average Bonchev–Trinajstić information content (AvgIpc) is 3.37. The number of hydrogen-bond acceptors (Lipinski definition) is 5. The quantitative estimate of drug-likeness (QED) is 0.264. The van der Waals surface area contributed by atoms with Gasteiger partial charge in [-0.1, -0.05) is 13.0 Å². The van der Waals surface area contributed by atoms with Gasteiger partial charge in [0.25, 0.3) is 0 Å². The lowest BCUT2D eigenvalue weighted by molar-refractivity contribution is -0.145. The lowest BCUT2D eigenvalue weighted by Crippen LogP contribution is -2.41. The van der Waals surface area contributed by atoms with Crippen molar-refractivity contribution in [1.29, 1.82) is 0 Å². The minimum Gasteiger partial charge on any atom is -0.497 e. The van der Waals surface area contributed by atoms with Crippen molar-refractivity contribution in [2.75, 3.05) is 58.4 Å². The molecule has 2 aliphatic heterocycles. The van der Waals surface area contributed by atoms with E-state index in [0.717, 1.165) is 50.9 Å². The predicted molar refractivity (Wildman–Crippen MR) is 131 cm³/mol. The number of hydrogen-bond donors (Lipinski definition) is 1. The van der Waals surface area contributed by atoms with Gasteiger partial charge in [0.15, 0.2) is 5.96 Å². The number of carbonyl (C=O) groups is 1. The third-order valence-corrected chi connectivity index (χ3v) is 5.95. The van der Waals surface area contributed by atoms with Crippen LogP contribution in [-0.2, 0) is 9.53 Å². The van der Waals surface area contributed by atoms with Crippen LogP contribution in [0.1, 0.15) is 20.3 Å². The van der Waals surface area contributed by atoms with Crippen LogP contribution < -0.4 is 15.0 Å². The number of halogens is 1. The van der Waals surface area contributed by atoms with Gasteiger partial charge in [0.05, 0.1) is 20.1 Å². The Morgan fingerprint density at radius 3 is 2.77 bits per heavy atom. The number of nitrogens with zero attached hydrogens (tertiary/aromatic N) is 3. The Morgan fingerprint density at radius 1 is 1.27 bits per heavy atom. The summed E-state index contributed by atoms with van der Waals surface area (Å²) >= 11 is 0. The minimum atomic E-state index is -0.124. The molecule has 2 aliphatic rings. The van der Waals surface area contributed by atoms with Crippen LogP contribution in [-0.4, -0.2) is 70.3 Å². The minimum absolute atomic E-state index is 0. The van der Waals surface area contributed by atoms with Crippen LogP contribution in [0.5, 0.6) is 5.75 Å². The first-order valence-electron chi connectivity index (χ1n) is 10.6. The number of benzene rings is 1. The number of aliphatic imine (C=N–C) groups is 1. The first-order chi connectivity index (χ1) is 14.0. The maximum absolute atomic E-state index is 12.0. The first-order valence-corrected chi connectivity index (χ1v) is 10.6. The van der Waals surface area contributed by atoms with Crippen molar-refractivity contribution in [3.8, 4) is 5.75 Å². The number of likely N-dealkylation sites (tertiary alicyclic amines) is 1. The summed E-state index contributed by atoms with van der Waals surface area (Å²) in [5.41, 5.74) is 1.21. The van der Waals surface area contributed by atoms with Crippen LogP contribution in [0.25, 0.3) is 0 Å². The molecule has 1 N–H and O–H groups in total. The molecule has 3 unspecified atom stereocenters. The topological polar surface area (TPSA) is 66.4 Å². The molecule has 3 rings (SSSR count). The molecule has 1 aromatic rings. The molecule has 2 fully saturated rings. The van der Waals surface area contributed by atoms with Gasteiger partial charge < -0.3 is 24.6 Å². The Hall–Kier alpha value is -1.71. The molecule has 0 aliphatic carbocycles. The largest absolute Gasteiger partial charge is 0.497 e. The van der Waals surface area contributed by atoms with E-state index in [0.29, 0.717) is 12.5 Å². The second-order valence-corrected chi connectivity index (χ2v) is 8.01. The SMILES string of the molecule is CCNC(=NCC1CCN(c2cccc(OC)c2)C1)N1CC(C)C(C(=O)OC)C1.I. The molecule has 0 bridgehead atoms. The van der Waals surface area contributed by atoms with Crippen LogP contribution in [0.2, 0.25) is 0 Å². The van der Waals surface area contributed by atoms with E-state index in [9.17, 15) is 4.79 Å². The van der Waals surface area contributed by atoms with E-state index in [4.69, 9.17) is 14.5 Å². The summed E-state index contributed by atoms with van der Waals surface area (Å²) in [6.45, 7) is 9.31. The van der Waals surface area contributed by atoms with Gasteiger partial charge in [0.1, 0.15) is 5.75 Å². The van der Waals surface area contributed by atoms with Gasteiger partial charge in [0, 0.05) is 51.0 Å². The van der Waals surface area contributed by atoms with Crippen molar-refractivity contribution in [3.63, 3.8) is 0 Å². The number of ether oxygens (including phenoxy) is 2. The van der Waals surface area contributed by atoms with Crippen molar-refractivity contribution in [1.82, 2.24) is 10.2 Å². The molecule has 1 aromatic carbocycles. The molecular formula is C22H35IN4O3. The van der Waals surface area contributed by atoms with E-state index >= 15 is 0 Å². The third kappa shape index (κ3) is 5.92. The second kappa shape index (κ2) is 11.6. The van der Waals surface area contributed by atoms with Crippen molar-refractivity contribution in [2.45, 2.75) is 20.3 Å². The molecule has 2 saturated heterocycles. The van der Waals surface area contributed by atoms with Gasteiger partial charge in [-0.3, -0.25) is 9.79 Å². The van der Waals surface area contributed by atoms with Crippen LogP contribution in [0, 0.1) is 17.8 Å². The van der Waals surface area contributed by atoms with Crippen molar-refractivity contribution in [2.24, 2.45) is 22.7 Å². The lowest BCUT2D eigenvalue weighted by Gasteiger charge is -2.22. The number of methoxy groups -OCH3 is 2. The molecule has 0 saturated carbocycles. The Balaban J connectivity index is 0.00000320. The van der Waals surface area contributed by atoms with Crippen LogP contribution in [0.3, 0.4) is 0 Å². The molecule has 0 amide bonds. The second-order valence-electron chi connectivity index (χ2n) is 8.01. The Kier molecular flexibility index (Phi) is 9.51. The fourth-order valence-corrected chi connectivity index (χ4v) is 4.26. The van der Waals surface area contributed by atoms with Gasteiger partial charge in [-0.05, 0) is 37.3 Å². The Morgan fingerprint density at radius 2 is 2.07 bits per heavy atom. The van der Waals surface area contributed by atoms with E-state index < -0.39 is 0 Å². The summed E-state index contributed by atoms with van der Waals surface area (Å²) in [6.07, 6.45) is 1.13. The Bertz CT molecular complexity index is 730. The Labute approximate surface area is 197 Å². The highest BCUT2D eigenvalue weighted by Gasteiger charge is 2.37. The van der Waals surface area contributed by atoms with E-state index in [1.165, 1.54) is 12.8 Å². The lowest BCUT2D eigenvalue weighted by atomic mass is 9.99. The third-order valence-electron chi connectivity index (χ3n) is 5.95. The molecule has 168 valence electrons. The van der Waals surface area contributed by atoms with Gasteiger partial charge in [-0.15, -0.1) is 24.0 Å². The van der Waals surface area contributed by atoms with Gasteiger partial charge in [0.2, 0.25) is 0 Å². The van der Waals surface area contributed by atoms with E-state index in [-0.39, 0.29) is 41.8 Å². The van der Waals surface area contributed by atoms with Gasteiger partial charge >= 0.3 is 5.97 Å². The number of nitrogens with one attached hydrogen (secondary N) is 1. The molecule has 0 aromatic heterocycles. The predicted octanol–water partition coefficient (Wildman–Crippen LogP) is 2.85. The van der Waals surface area contributed by atoms with Crippen LogP contribution >= 0.6 is 24.0 Å². The average molecular weight is 530 g/mol. The van der Waals surface area contributed by atoms with Crippen LogP contribution in [0.15, 0.2) is 29.3 Å². The molecule has 30 heavy (non-hydrogen) atoms. The summed E-state index contributed by atoms with van der Waals surface area (Å²) in [4.78, 5) is 21.5. The molecule has 0 radical (unpaired) electrons. The normalized spacial score (nSPS) is 23.9. The van der Waals surface area contributed by atoms with E-state index in [1.54, 1.807) is 7.11 Å². The molecule has 0 spiro atoms. The van der Waals surface area contributed by atoms with E-state index in [1.807, 2.05) is 12.1 Å². The summed E-state index contributed by atoms with van der Waals surface area (Å²) in [7, 11) is 3.16.